The number of aryl methyl sites for hydroxylation is 1. The quantitative estimate of drug-likeness (QED) is 0.922. The molecule has 1 N–H and O–H groups in total. The molecular formula is C16H17NO3S. The lowest BCUT2D eigenvalue weighted by atomic mass is 10.1. The fourth-order valence-corrected chi connectivity index (χ4v) is 3.73. The van der Waals surface area contributed by atoms with Crippen molar-refractivity contribution in [1.29, 1.82) is 0 Å². The number of thiophene rings is 1. The molecule has 0 saturated heterocycles. The molecule has 1 saturated carbocycles. The van der Waals surface area contributed by atoms with E-state index >= 15 is 0 Å². The summed E-state index contributed by atoms with van der Waals surface area (Å²) in [5.74, 6) is -0.876. The zero-order chi connectivity index (χ0) is 15.0. The second-order valence-corrected chi connectivity index (χ2v) is 6.48. The zero-order valence-electron chi connectivity index (χ0n) is 11.8. The summed E-state index contributed by atoms with van der Waals surface area (Å²) in [6.07, 6.45) is 1.97. The lowest BCUT2D eigenvalue weighted by Crippen LogP contribution is -2.34. The van der Waals surface area contributed by atoms with Gasteiger partial charge in [-0.15, -0.1) is 11.3 Å². The van der Waals surface area contributed by atoms with Crippen LogP contribution in [0.1, 0.15) is 34.5 Å². The predicted molar refractivity (Wildman–Crippen MR) is 82.9 cm³/mol. The highest BCUT2D eigenvalue weighted by atomic mass is 32.1. The number of aliphatic carboxylic acids is 1. The van der Waals surface area contributed by atoms with Crippen molar-refractivity contribution in [3.63, 3.8) is 0 Å². The molecule has 0 atom stereocenters. The summed E-state index contributed by atoms with van der Waals surface area (Å²) in [6.45, 7) is 2.26. The van der Waals surface area contributed by atoms with Gasteiger partial charge in [0, 0.05) is 17.3 Å². The Morgan fingerprint density at radius 2 is 2.05 bits per heavy atom. The summed E-state index contributed by atoms with van der Waals surface area (Å²) in [6, 6.07) is 8.20. The van der Waals surface area contributed by atoms with Gasteiger partial charge in [-0.3, -0.25) is 9.59 Å². The predicted octanol–water partition coefficient (Wildman–Crippen LogP) is 3.29. The minimum absolute atomic E-state index is 0.00613. The monoisotopic (exact) mass is 303 g/mol. The van der Waals surface area contributed by atoms with Gasteiger partial charge in [-0.2, -0.15) is 0 Å². The SMILES string of the molecule is Cc1c(C(=O)N(CCC(=O)O)C2CC2)sc2ccccc12. The van der Waals surface area contributed by atoms with Crippen LogP contribution in [-0.2, 0) is 4.79 Å². The number of carbonyl (C=O) groups is 2. The van der Waals surface area contributed by atoms with E-state index in [1.807, 2.05) is 31.2 Å². The molecule has 1 amide bonds. The van der Waals surface area contributed by atoms with Crippen molar-refractivity contribution < 1.29 is 14.7 Å². The molecule has 5 heteroatoms. The number of carbonyl (C=O) groups excluding carboxylic acids is 1. The minimum atomic E-state index is -0.860. The van der Waals surface area contributed by atoms with Gasteiger partial charge in [-0.05, 0) is 36.8 Å². The molecule has 1 fully saturated rings. The van der Waals surface area contributed by atoms with E-state index in [0.717, 1.165) is 33.4 Å². The van der Waals surface area contributed by atoms with Crippen LogP contribution >= 0.6 is 11.3 Å². The zero-order valence-corrected chi connectivity index (χ0v) is 12.7. The lowest BCUT2D eigenvalue weighted by molar-refractivity contribution is -0.137. The largest absolute Gasteiger partial charge is 0.481 e. The highest BCUT2D eigenvalue weighted by molar-refractivity contribution is 7.21. The first-order valence-corrected chi connectivity index (χ1v) is 7.90. The molecule has 1 aliphatic carbocycles. The molecule has 1 aliphatic rings. The highest BCUT2D eigenvalue weighted by Gasteiger charge is 2.34. The third-order valence-corrected chi connectivity index (χ3v) is 5.11. The number of nitrogens with zero attached hydrogens (tertiary/aromatic N) is 1. The van der Waals surface area contributed by atoms with Crippen LogP contribution in [-0.4, -0.2) is 34.5 Å². The maximum atomic E-state index is 12.8. The molecule has 0 bridgehead atoms. The average molecular weight is 303 g/mol. The normalized spacial score (nSPS) is 14.3. The maximum absolute atomic E-state index is 12.8. The Morgan fingerprint density at radius 1 is 1.33 bits per heavy atom. The topological polar surface area (TPSA) is 57.6 Å². The average Bonchev–Trinajstić information content (AvgIpc) is 3.23. The van der Waals surface area contributed by atoms with E-state index in [-0.39, 0.29) is 18.4 Å². The molecule has 1 aromatic carbocycles. The first-order valence-electron chi connectivity index (χ1n) is 7.09. The molecule has 2 aromatic rings. The van der Waals surface area contributed by atoms with Gasteiger partial charge in [-0.25, -0.2) is 0 Å². The first-order chi connectivity index (χ1) is 10.1. The molecule has 1 aromatic heterocycles. The van der Waals surface area contributed by atoms with Crippen molar-refractivity contribution in [3.8, 4) is 0 Å². The molecule has 0 spiro atoms. The van der Waals surface area contributed by atoms with Gasteiger partial charge < -0.3 is 10.0 Å². The van der Waals surface area contributed by atoms with Gasteiger partial charge in [0.1, 0.15) is 0 Å². The van der Waals surface area contributed by atoms with E-state index in [2.05, 4.69) is 0 Å². The molecular weight excluding hydrogens is 286 g/mol. The summed E-state index contributed by atoms with van der Waals surface area (Å²) in [5.41, 5.74) is 1.00. The molecule has 0 unspecified atom stereocenters. The van der Waals surface area contributed by atoms with Gasteiger partial charge in [0.2, 0.25) is 0 Å². The number of rotatable bonds is 5. The van der Waals surface area contributed by atoms with E-state index in [4.69, 9.17) is 5.11 Å². The Bertz CT molecular complexity index is 703. The molecule has 4 nitrogen and oxygen atoms in total. The van der Waals surface area contributed by atoms with Gasteiger partial charge in [0.05, 0.1) is 11.3 Å². The Hall–Kier alpha value is -1.88. The van der Waals surface area contributed by atoms with Crippen molar-refractivity contribution in [3.05, 3.63) is 34.7 Å². The number of carboxylic acid groups (broad SMARTS) is 1. The Balaban J connectivity index is 1.90. The van der Waals surface area contributed by atoms with Gasteiger partial charge in [-0.1, -0.05) is 18.2 Å². The van der Waals surface area contributed by atoms with E-state index in [9.17, 15) is 9.59 Å². The number of hydrogen-bond donors (Lipinski definition) is 1. The minimum Gasteiger partial charge on any atom is -0.481 e. The van der Waals surface area contributed by atoms with Crippen molar-refractivity contribution in [1.82, 2.24) is 4.90 Å². The van der Waals surface area contributed by atoms with Crippen LogP contribution in [0.25, 0.3) is 10.1 Å². The Morgan fingerprint density at radius 3 is 2.67 bits per heavy atom. The summed E-state index contributed by atoms with van der Waals surface area (Å²) < 4.78 is 1.10. The number of fused-ring (bicyclic) bond motifs is 1. The molecule has 3 rings (SSSR count). The second-order valence-electron chi connectivity index (χ2n) is 5.43. The Kier molecular flexibility index (Phi) is 3.68. The molecule has 1 heterocycles. The van der Waals surface area contributed by atoms with Crippen LogP contribution in [0.2, 0.25) is 0 Å². The van der Waals surface area contributed by atoms with E-state index < -0.39 is 5.97 Å². The maximum Gasteiger partial charge on any atom is 0.305 e. The van der Waals surface area contributed by atoms with Crippen LogP contribution in [0.4, 0.5) is 0 Å². The summed E-state index contributed by atoms with van der Waals surface area (Å²) in [7, 11) is 0. The summed E-state index contributed by atoms with van der Waals surface area (Å²) in [4.78, 5) is 26.0. The fraction of sp³-hybridized carbons (Fsp3) is 0.375. The first kappa shape index (κ1) is 14.1. The van der Waals surface area contributed by atoms with Crippen LogP contribution in [0.3, 0.4) is 0 Å². The Labute approximate surface area is 127 Å². The number of amides is 1. The van der Waals surface area contributed by atoms with Gasteiger partial charge in [0.15, 0.2) is 0 Å². The fourth-order valence-electron chi connectivity index (χ4n) is 2.56. The van der Waals surface area contributed by atoms with Gasteiger partial charge in [0.25, 0.3) is 5.91 Å². The van der Waals surface area contributed by atoms with E-state index in [1.54, 1.807) is 4.90 Å². The van der Waals surface area contributed by atoms with Crippen molar-refractivity contribution >= 4 is 33.3 Å². The lowest BCUT2D eigenvalue weighted by Gasteiger charge is -2.21. The van der Waals surface area contributed by atoms with Crippen molar-refractivity contribution in [2.75, 3.05) is 6.54 Å². The second kappa shape index (κ2) is 5.48. The van der Waals surface area contributed by atoms with Crippen molar-refractivity contribution in [2.24, 2.45) is 0 Å². The number of benzene rings is 1. The molecule has 0 radical (unpaired) electrons. The van der Waals surface area contributed by atoms with Crippen LogP contribution in [0, 0.1) is 6.92 Å². The third-order valence-electron chi connectivity index (χ3n) is 3.85. The summed E-state index contributed by atoms with van der Waals surface area (Å²) >= 11 is 1.50. The van der Waals surface area contributed by atoms with E-state index in [1.165, 1.54) is 11.3 Å². The third kappa shape index (κ3) is 2.78. The standard InChI is InChI=1S/C16H17NO3S/c1-10-12-4-2-3-5-13(12)21-15(10)16(20)17(11-6-7-11)9-8-14(18)19/h2-5,11H,6-9H2,1H3,(H,18,19). The number of hydrogen-bond acceptors (Lipinski definition) is 3. The molecule has 21 heavy (non-hydrogen) atoms. The van der Waals surface area contributed by atoms with Crippen LogP contribution < -0.4 is 0 Å². The van der Waals surface area contributed by atoms with Crippen LogP contribution in [0.5, 0.6) is 0 Å². The molecule has 0 aliphatic heterocycles. The summed E-state index contributed by atoms with van der Waals surface area (Å²) in [5, 5.41) is 9.96. The van der Waals surface area contributed by atoms with Crippen molar-refractivity contribution in [2.45, 2.75) is 32.2 Å². The van der Waals surface area contributed by atoms with Crippen LogP contribution in [0.15, 0.2) is 24.3 Å². The smallest absolute Gasteiger partial charge is 0.305 e. The number of carboxylic acids is 1. The van der Waals surface area contributed by atoms with E-state index in [0.29, 0.717) is 6.54 Å². The highest BCUT2D eigenvalue weighted by Crippen LogP contribution is 2.34. The van der Waals surface area contributed by atoms with Gasteiger partial charge >= 0.3 is 5.97 Å². The molecule has 110 valence electrons.